The molecule has 0 spiro atoms. The van der Waals surface area contributed by atoms with E-state index in [1.54, 1.807) is 12.3 Å². The largest absolute Gasteiger partial charge is 0.465 e. The molecular formula is C17H24BrN3O4. The summed E-state index contributed by atoms with van der Waals surface area (Å²) in [4.78, 5) is 30.4. The monoisotopic (exact) mass is 413 g/mol. The Morgan fingerprint density at radius 1 is 1.40 bits per heavy atom. The lowest BCUT2D eigenvalue weighted by Crippen LogP contribution is -2.49. The van der Waals surface area contributed by atoms with E-state index in [9.17, 15) is 9.59 Å². The zero-order chi connectivity index (χ0) is 18.6. The number of piperidine rings is 1. The molecule has 0 saturated carbocycles. The highest BCUT2D eigenvalue weighted by molar-refractivity contribution is 9.10. The number of carbonyl (C=O) groups excluding carboxylic acids is 2. The third-order valence-electron chi connectivity index (χ3n) is 3.68. The van der Waals surface area contributed by atoms with E-state index < -0.39 is 17.7 Å². The van der Waals surface area contributed by atoms with Gasteiger partial charge in [-0.2, -0.15) is 0 Å². The second-order valence-corrected chi connectivity index (χ2v) is 7.86. The molecule has 1 fully saturated rings. The molecule has 0 bridgehead atoms. The number of alkyl carbamates (subject to hydrolysis) is 1. The number of halogens is 1. The summed E-state index contributed by atoms with van der Waals surface area (Å²) in [6.45, 7) is 6.79. The number of anilines is 1. The van der Waals surface area contributed by atoms with E-state index >= 15 is 0 Å². The number of amides is 1. The van der Waals surface area contributed by atoms with Crippen LogP contribution in [-0.4, -0.2) is 48.9 Å². The van der Waals surface area contributed by atoms with E-state index in [0.717, 1.165) is 19.4 Å². The van der Waals surface area contributed by atoms with Gasteiger partial charge in [0.2, 0.25) is 0 Å². The van der Waals surface area contributed by atoms with Crippen LogP contribution in [-0.2, 0) is 9.47 Å². The van der Waals surface area contributed by atoms with Crippen molar-refractivity contribution in [2.75, 3.05) is 25.1 Å². The number of rotatable bonds is 3. The molecule has 25 heavy (non-hydrogen) atoms. The summed E-state index contributed by atoms with van der Waals surface area (Å²) in [7, 11) is 1.34. The van der Waals surface area contributed by atoms with Crippen LogP contribution in [0.4, 0.5) is 10.6 Å². The predicted molar refractivity (Wildman–Crippen MR) is 97.9 cm³/mol. The summed E-state index contributed by atoms with van der Waals surface area (Å²) >= 11 is 3.33. The van der Waals surface area contributed by atoms with Crippen LogP contribution in [0.2, 0.25) is 0 Å². The topological polar surface area (TPSA) is 80.8 Å². The Hall–Kier alpha value is -1.83. The third-order valence-corrected chi connectivity index (χ3v) is 4.11. The molecule has 2 heterocycles. The molecule has 0 aromatic carbocycles. The van der Waals surface area contributed by atoms with Crippen molar-refractivity contribution in [1.29, 1.82) is 0 Å². The SMILES string of the molecule is COC(=O)c1cc(Br)cnc1N1CCC[C@@H](NC(=O)OC(C)(C)C)C1. The van der Waals surface area contributed by atoms with Gasteiger partial charge in [-0.05, 0) is 55.6 Å². The van der Waals surface area contributed by atoms with Crippen molar-refractivity contribution in [2.24, 2.45) is 0 Å². The quantitative estimate of drug-likeness (QED) is 0.766. The first-order valence-electron chi connectivity index (χ1n) is 8.18. The molecule has 0 unspecified atom stereocenters. The molecule has 1 aromatic rings. The molecule has 0 aliphatic carbocycles. The van der Waals surface area contributed by atoms with Gasteiger partial charge in [0, 0.05) is 29.8 Å². The van der Waals surface area contributed by atoms with Crippen molar-refractivity contribution in [3.8, 4) is 0 Å². The number of nitrogens with zero attached hydrogens (tertiary/aromatic N) is 2. The highest BCUT2D eigenvalue weighted by atomic mass is 79.9. The molecule has 0 radical (unpaired) electrons. The standard InChI is InChI=1S/C17H24BrN3O4/c1-17(2,3)25-16(23)20-12-6-5-7-21(10-12)14-13(15(22)24-4)8-11(18)9-19-14/h8-9,12H,5-7,10H2,1-4H3,(H,20,23)/t12-/m1/s1. The number of methoxy groups -OCH3 is 1. The normalized spacial score (nSPS) is 17.8. The Kier molecular flexibility index (Phi) is 6.26. The first kappa shape index (κ1) is 19.5. The highest BCUT2D eigenvalue weighted by Gasteiger charge is 2.27. The van der Waals surface area contributed by atoms with Crippen LogP contribution in [0, 0.1) is 0 Å². The fraction of sp³-hybridized carbons (Fsp3) is 0.588. The number of nitrogens with one attached hydrogen (secondary N) is 1. The fourth-order valence-corrected chi connectivity index (χ4v) is 3.04. The van der Waals surface area contributed by atoms with Crippen LogP contribution in [0.15, 0.2) is 16.7 Å². The van der Waals surface area contributed by atoms with Gasteiger partial charge < -0.3 is 19.7 Å². The van der Waals surface area contributed by atoms with Gasteiger partial charge >= 0.3 is 12.1 Å². The number of hydrogen-bond acceptors (Lipinski definition) is 6. The Labute approximate surface area is 156 Å². The maximum absolute atomic E-state index is 12.0. The number of esters is 1. The van der Waals surface area contributed by atoms with E-state index in [-0.39, 0.29) is 6.04 Å². The summed E-state index contributed by atoms with van der Waals surface area (Å²) in [6, 6.07) is 1.62. The molecule has 1 aromatic heterocycles. The Morgan fingerprint density at radius 3 is 2.76 bits per heavy atom. The van der Waals surface area contributed by atoms with Crippen LogP contribution < -0.4 is 10.2 Å². The van der Waals surface area contributed by atoms with Gasteiger partial charge in [-0.1, -0.05) is 0 Å². The summed E-state index contributed by atoms with van der Waals surface area (Å²) in [6.07, 6.45) is 2.93. The Balaban J connectivity index is 2.11. The van der Waals surface area contributed by atoms with Gasteiger partial charge in [0.15, 0.2) is 0 Å². The van der Waals surface area contributed by atoms with Crippen LogP contribution in [0.5, 0.6) is 0 Å². The first-order chi connectivity index (χ1) is 11.7. The molecule has 138 valence electrons. The second kappa shape index (κ2) is 8.03. The zero-order valence-corrected chi connectivity index (χ0v) is 16.6. The molecule has 1 aliphatic heterocycles. The second-order valence-electron chi connectivity index (χ2n) is 6.95. The van der Waals surface area contributed by atoms with E-state index in [1.807, 2.05) is 25.7 Å². The first-order valence-corrected chi connectivity index (χ1v) is 8.97. The van der Waals surface area contributed by atoms with Crippen molar-refractivity contribution in [3.63, 3.8) is 0 Å². The lowest BCUT2D eigenvalue weighted by Gasteiger charge is -2.35. The van der Waals surface area contributed by atoms with Crippen molar-refractivity contribution in [2.45, 2.75) is 45.3 Å². The van der Waals surface area contributed by atoms with Crippen LogP contribution in [0.3, 0.4) is 0 Å². The van der Waals surface area contributed by atoms with Crippen LogP contribution in [0.1, 0.15) is 44.0 Å². The molecule has 2 rings (SSSR count). The average molecular weight is 414 g/mol. The Morgan fingerprint density at radius 2 is 2.12 bits per heavy atom. The summed E-state index contributed by atoms with van der Waals surface area (Å²) < 4.78 is 10.9. The highest BCUT2D eigenvalue weighted by Crippen LogP contribution is 2.25. The van der Waals surface area contributed by atoms with Crippen LogP contribution >= 0.6 is 15.9 Å². The summed E-state index contributed by atoms with van der Waals surface area (Å²) in [5, 5.41) is 2.89. The molecule has 8 heteroatoms. The van der Waals surface area contributed by atoms with E-state index in [2.05, 4.69) is 26.2 Å². The average Bonchev–Trinajstić information content (AvgIpc) is 2.52. The van der Waals surface area contributed by atoms with Gasteiger partial charge in [-0.25, -0.2) is 14.6 Å². The van der Waals surface area contributed by atoms with Crippen molar-refractivity contribution >= 4 is 33.8 Å². The van der Waals surface area contributed by atoms with Gasteiger partial charge in [0.25, 0.3) is 0 Å². The summed E-state index contributed by atoms with van der Waals surface area (Å²) in [5.74, 6) is 0.122. The number of ether oxygens (including phenoxy) is 2. The van der Waals surface area contributed by atoms with Crippen LogP contribution in [0.25, 0.3) is 0 Å². The minimum atomic E-state index is -0.538. The molecule has 1 atom stereocenters. The van der Waals surface area contributed by atoms with Gasteiger partial charge in [-0.3, -0.25) is 0 Å². The molecule has 1 aliphatic rings. The third kappa shape index (κ3) is 5.59. The number of pyridine rings is 1. The Bertz CT molecular complexity index is 645. The van der Waals surface area contributed by atoms with Gasteiger partial charge in [0.1, 0.15) is 17.0 Å². The summed E-state index contributed by atoms with van der Waals surface area (Å²) in [5.41, 5.74) is -0.140. The van der Waals surface area contributed by atoms with Crippen molar-refractivity contribution in [1.82, 2.24) is 10.3 Å². The van der Waals surface area contributed by atoms with Crippen molar-refractivity contribution in [3.05, 3.63) is 22.3 Å². The molecule has 1 amide bonds. The molecule has 1 N–H and O–H groups in total. The number of hydrogen-bond donors (Lipinski definition) is 1. The zero-order valence-electron chi connectivity index (χ0n) is 15.0. The van der Waals surface area contributed by atoms with E-state index in [1.165, 1.54) is 7.11 Å². The van der Waals surface area contributed by atoms with Gasteiger partial charge in [0.05, 0.1) is 7.11 Å². The van der Waals surface area contributed by atoms with Crippen molar-refractivity contribution < 1.29 is 19.1 Å². The molecular weight excluding hydrogens is 390 g/mol. The lowest BCUT2D eigenvalue weighted by atomic mass is 10.1. The maximum Gasteiger partial charge on any atom is 0.407 e. The minimum absolute atomic E-state index is 0.0699. The van der Waals surface area contributed by atoms with Gasteiger partial charge in [-0.15, -0.1) is 0 Å². The number of carbonyl (C=O) groups is 2. The molecule has 1 saturated heterocycles. The molecule has 7 nitrogen and oxygen atoms in total. The maximum atomic E-state index is 12.0. The predicted octanol–water partition coefficient (Wildman–Crippen LogP) is 3.12. The number of aromatic nitrogens is 1. The van der Waals surface area contributed by atoms with E-state index in [4.69, 9.17) is 9.47 Å². The van der Waals surface area contributed by atoms with E-state index in [0.29, 0.717) is 22.4 Å². The lowest BCUT2D eigenvalue weighted by molar-refractivity contribution is 0.0498. The minimum Gasteiger partial charge on any atom is -0.465 e. The smallest absolute Gasteiger partial charge is 0.407 e. The fourth-order valence-electron chi connectivity index (χ4n) is 2.71.